The molecule has 0 saturated carbocycles. The molecule has 0 saturated heterocycles. The first-order valence-corrected chi connectivity index (χ1v) is 11.2. The minimum Gasteiger partial charge on any atom is -0.355 e. The van der Waals surface area contributed by atoms with E-state index in [1.807, 2.05) is 57.2 Å². The average molecular weight is 460 g/mol. The largest absolute Gasteiger partial charge is 0.355 e. The van der Waals surface area contributed by atoms with Crippen LogP contribution in [0, 0.1) is 5.41 Å². The maximum atomic E-state index is 13.3. The Labute approximate surface area is 198 Å². The Morgan fingerprint density at radius 3 is 2.53 bits per heavy atom. The maximum Gasteiger partial charge on any atom is 0.223 e. The molecule has 0 aliphatic carbocycles. The standard InChI is InChI=1S/C26H29N5O3/c1-16(32)28-21-12-17(10-11-27-21)24-25(29-18-8-6-5-7-9-18)23-19(30-24)14-31(15-20(23)33)22(34)13-26(2,3)4/h5-12,29-30H,13-15H2,1-4H3,(H,27,28,32). The summed E-state index contributed by atoms with van der Waals surface area (Å²) in [5.41, 5.74) is 4.00. The van der Waals surface area contributed by atoms with Crippen LogP contribution in [0.5, 0.6) is 0 Å². The number of hydrogen-bond donors (Lipinski definition) is 3. The van der Waals surface area contributed by atoms with Gasteiger partial charge >= 0.3 is 0 Å². The number of fused-ring (bicyclic) bond motifs is 1. The van der Waals surface area contributed by atoms with E-state index in [0.29, 0.717) is 41.4 Å². The number of para-hydroxylation sites is 1. The highest BCUT2D eigenvalue weighted by Crippen LogP contribution is 2.38. The maximum absolute atomic E-state index is 13.3. The van der Waals surface area contributed by atoms with Crippen molar-refractivity contribution in [2.24, 2.45) is 5.41 Å². The average Bonchev–Trinajstić information content (AvgIpc) is 3.12. The molecule has 8 heteroatoms. The molecule has 1 aliphatic heterocycles. The van der Waals surface area contributed by atoms with Crippen LogP contribution in [0.25, 0.3) is 11.3 Å². The van der Waals surface area contributed by atoms with Crippen LogP contribution in [0.3, 0.4) is 0 Å². The Morgan fingerprint density at radius 2 is 1.85 bits per heavy atom. The van der Waals surface area contributed by atoms with Crippen LogP contribution in [0.2, 0.25) is 0 Å². The second kappa shape index (κ2) is 9.13. The number of ketones is 1. The van der Waals surface area contributed by atoms with Crippen molar-refractivity contribution in [1.29, 1.82) is 0 Å². The van der Waals surface area contributed by atoms with Gasteiger partial charge in [0.2, 0.25) is 11.8 Å². The van der Waals surface area contributed by atoms with Crippen LogP contribution in [-0.4, -0.2) is 39.0 Å². The van der Waals surface area contributed by atoms with E-state index >= 15 is 0 Å². The summed E-state index contributed by atoms with van der Waals surface area (Å²) in [5, 5.41) is 6.08. The first-order valence-electron chi connectivity index (χ1n) is 11.2. The summed E-state index contributed by atoms with van der Waals surface area (Å²) in [6.07, 6.45) is 1.97. The van der Waals surface area contributed by atoms with Crippen LogP contribution in [0.15, 0.2) is 48.7 Å². The third kappa shape index (κ3) is 5.17. The van der Waals surface area contributed by atoms with Crippen LogP contribution in [0.1, 0.15) is 50.2 Å². The second-order valence-electron chi connectivity index (χ2n) is 9.74. The minimum atomic E-state index is -0.221. The van der Waals surface area contributed by atoms with Crippen molar-refractivity contribution in [1.82, 2.24) is 14.9 Å². The number of aromatic amines is 1. The smallest absolute Gasteiger partial charge is 0.223 e. The van der Waals surface area contributed by atoms with E-state index in [4.69, 9.17) is 0 Å². The van der Waals surface area contributed by atoms with Crippen molar-refractivity contribution in [3.05, 3.63) is 59.9 Å². The summed E-state index contributed by atoms with van der Waals surface area (Å²) >= 11 is 0. The highest BCUT2D eigenvalue weighted by atomic mass is 16.2. The van der Waals surface area contributed by atoms with E-state index in [0.717, 1.165) is 11.3 Å². The highest BCUT2D eigenvalue weighted by molar-refractivity contribution is 6.09. The number of H-pyrrole nitrogens is 1. The highest BCUT2D eigenvalue weighted by Gasteiger charge is 2.33. The fourth-order valence-electron chi connectivity index (χ4n) is 4.06. The van der Waals surface area contributed by atoms with Gasteiger partial charge in [0.15, 0.2) is 5.78 Å². The van der Waals surface area contributed by atoms with Gasteiger partial charge in [-0.2, -0.15) is 0 Å². The third-order valence-electron chi connectivity index (χ3n) is 5.47. The molecule has 0 radical (unpaired) electrons. The summed E-state index contributed by atoms with van der Waals surface area (Å²) in [5.74, 6) is 0.0236. The summed E-state index contributed by atoms with van der Waals surface area (Å²) in [4.78, 5) is 46.9. The Bertz CT molecular complexity index is 1240. The van der Waals surface area contributed by atoms with Gasteiger partial charge in [0, 0.05) is 36.5 Å². The molecule has 3 N–H and O–H groups in total. The van der Waals surface area contributed by atoms with Crippen molar-refractivity contribution in [2.75, 3.05) is 17.2 Å². The number of aromatic nitrogens is 2. The Hall–Kier alpha value is -3.94. The normalized spacial score (nSPS) is 13.4. The van der Waals surface area contributed by atoms with Gasteiger partial charge in [0.1, 0.15) is 5.82 Å². The molecule has 3 aromatic rings. The van der Waals surface area contributed by atoms with E-state index < -0.39 is 0 Å². The van der Waals surface area contributed by atoms with Gasteiger partial charge in [-0.3, -0.25) is 14.4 Å². The predicted octanol–water partition coefficient (Wildman–Crippen LogP) is 4.74. The number of nitrogens with zero attached hydrogens (tertiary/aromatic N) is 2. The van der Waals surface area contributed by atoms with Gasteiger partial charge < -0.3 is 20.5 Å². The molecule has 1 aliphatic rings. The van der Waals surface area contributed by atoms with Crippen molar-refractivity contribution < 1.29 is 14.4 Å². The Balaban J connectivity index is 1.77. The van der Waals surface area contributed by atoms with Gasteiger partial charge in [-0.25, -0.2) is 4.98 Å². The lowest BCUT2D eigenvalue weighted by Gasteiger charge is -2.29. The van der Waals surface area contributed by atoms with Crippen molar-refractivity contribution in [3.8, 4) is 11.3 Å². The number of pyridine rings is 1. The number of carbonyl (C=O) groups excluding carboxylic acids is 3. The number of nitrogens with one attached hydrogen (secondary N) is 3. The summed E-state index contributed by atoms with van der Waals surface area (Å²) in [6.45, 7) is 7.80. The summed E-state index contributed by atoms with van der Waals surface area (Å²) in [6, 6.07) is 13.2. The second-order valence-corrected chi connectivity index (χ2v) is 9.74. The van der Waals surface area contributed by atoms with Gasteiger partial charge in [-0.05, 0) is 29.7 Å². The molecule has 0 bridgehead atoms. The monoisotopic (exact) mass is 459 g/mol. The van der Waals surface area contributed by atoms with Crippen molar-refractivity contribution >= 4 is 34.8 Å². The van der Waals surface area contributed by atoms with Crippen LogP contribution in [-0.2, 0) is 16.1 Å². The summed E-state index contributed by atoms with van der Waals surface area (Å²) in [7, 11) is 0. The summed E-state index contributed by atoms with van der Waals surface area (Å²) < 4.78 is 0. The van der Waals surface area contributed by atoms with Crippen LogP contribution in [0.4, 0.5) is 17.2 Å². The number of anilines is 3. The van der Waals surface area contributed by atoms with Crippen molar-refractivity contribution in [2.45, 2.75) is 40.7 Å². The van der Waals surface area contributed by atoms with Crippen molar-refractivity contribution in [3.63, 3.8) is 0 Å². The lowest BCUT2D eigenvalue weighted by molar-refractivity contribution is -0.133. The molecule has 2 aromatic heterocycles. The van der Waals surface area contributed by atoms with Crippen LogP contribution < -0.4 is 10.6 Å². The molecule has 0 spiro atoms. The molecule has 0 unspecified atom stereocenters. The van der Waals surface area contributed by atoms with Gasteiger partial charge in [0.05, 0.1) is 30.0 Å². The van der Waals surface area contributed by atoms with E-state index in [-0.39, 0.29) is 29.6 Å². The quantitative estimate of drug-likeness (QED) is 0.511. The molecule has 8 nitrogen and oxygen atoms in total. The first kappa shape index (κ1) is 23.2. The lowest BCUT2D eigenvalue weighted by Crippen LogP contribution is -2.40. The van der Waals surface area contributed by atoms with E-state index in [1.165, 1.54) is 6.92 Å². The molecule has 176 valence electrons. The molecular formula is C26H29N5O3. The van der Waals surface area contributed by atoms with E-state index in [2.05, 4.69) is 20.6 Å². The number of benzene rings is 1. The molecule has 1 aromatic carbocycles. The first-order chi connectivity index (χ1) is 16.1. The Morgan fingerprint density at radius 1 is 1.12 bits per heavy atom. The number of carbonyl (C=O) groups is 3. The minimum absolute atomic E-state index is 0.0379. The zero-order valence-corrected chi connectivity index (χ0v) is 19.9. The Kier molecular flexibility index (Phi) is 6.24. The molecule has 2 amide bonds. The molecule has 0 fully saturated rings. The lowest BCUT2D eigenvalue weighted by atomic mass is 9.91. The van der Waals surface area contributed by atoms with E-state index in [9.17, 15) is 14.4 Å². The predicted molar refractivity (Wildman–Crippen MR) is 132 cm³/mol. The molecule has 3 heterocycles. The topological polar surface area (TPSA) is 107 Å². The van der Waals surface area contributed by atoms with Gasteiger partial charge in [0.25, 0.3) is 0 Å². The molecular weight excluding hydrogens is 430 g/mol. The van der Waals surface area contributed by atoms with Gasteiger partial charge in [-0.1, -0.05) is 39.0 Å². The van der Waals surface area contributed by atoms with Crippen LogP contribution >= 0.6 is 0 Å². The number of hydrogen-bond acceptors (Lipinski definition) is 5. The molecule has 0 atom stereocenters. The van der Waals surface area contributed by atoms with Gasteiger partial charge in [-0.15, -0.1) is 0 Å². The number of Topliss-reactive ketones (excluding diaryl/α,β-unsaturated/α-hetero) is 1. The molecule has 4 rings (SSSR count). The SMILES string of the molecule is CC(=O)Nc1cc(-c2[nH]c3c(c2Nc2ccccc2)C(=O)CN(C(=O)CC(C)(C)C)C3)ccn1. The zero-order chi connectivity index (χ0) is 24.5. The van der Waals surface area contributed by atoms with E-state index in [1.54, 1.807) is 17.2 Å². The number of amides is 2. The third-order valence-corrected chi connectivity index (χ3v) is 5.47. The fourth-order valence-corrected chi connectivity index (χ4v) is 4.06. The fraction of sp³-hybridized carbons (Fsp3) is 0.308. The zero-order valence-electron chi connectivity index (χ0n) is 19.9. The number of rotatable bonds is 5. The molecule has 34 heavy (non-hydrogen) atoms.